The zero-order chi connectivity index (χ0) is 13.0. The summed E-state index contributed by atoms with van der Waals surface area (Å²) in [5, 5.41) is 3.73. The highest BCUT2D eigenvalue weighted by Crippen LogP contribution is 2.27. The highest BCUT2D eigenvalue weighted by molar-refractivity contribution is 7.99. The average Bonchev–Trinajstić information content (AvgIpc) is 2.39. The zero-order valence-electron chi connectivity index (χ0n) is 11.0. The standard InChI is InChI=1S/C14H20N2OS/c1-10-11(6-5-9-15-10)14(17)16-12-7-3-4-8-13(12)18-2/h5-6,9,12-13H,3-4,7-8H2,1-2H3,(H,16,17). The van der Waals surface area contributed by atoms with Gasteiger partial charge in [0.05, 0.1) is 5.56 Å². The average molecular weight is 264 g/mol. The number of rotatable bonds is 3. The smallest absolute Gasteiger partial charge is 0.253 e. The maximum Gasteiger partial charge on any atom is 0.253 e. The number of pyridine rings is 1. The molecule has 98 valence electrons. The first-order chi connectivity index (χ1) is 8.72. The predicted octanol–water partition coefficient (Wildman–Crippen LogP) is 2.79. The summed E-state index contributed by atoms with van der Waals surface area (Å²) >= 11 is 1.86. The van der Waals surface area contributed by atoms with Gasteiger partial charge >= 0.3 is 0 Å². The second-order valence-electron chi connectivity index (χ2n) is 4.77. The van der Waals surface area contributed by atoms with Gasteiger partial charge in [-0.25, -0.2) is 0 Å². The van der Waals surface area contributed by atoms with E-state index in [1.807, 2.05) is 30.8 Å². The van der Waals surface area contributed by atoms with Gasteiger partial charge in [-0.15, -0.1) is 0 Å². The van der Waals surface area contributed by atoms with Gasteiger partial charge < -0.3 is 5.32 Å². The third-order valence-corrected chi connectivity index (χ3v) is 4.74. The molecule has 2 unspecified atom stereocenters. The number of thioether (sulfide) groups is 1. The summed E-state index contributed by atoms with van der Waals surface area (Å²) in [6.45, 7) is 1.88. The Labute approximate surface area is 113 Å². The van der Waals surface area contributed by atoms with Gasteiger partial charge in [0.25, 0.3) is 5.91 Å². The van der Waals surface area contributed by atoms with E-state index in [-0.39, 0.29) is 5.91 Å². The van der Waals surface area contributed by atoms with Crippen molar-refractivity contribution < 1.29 is 4.79 Å². The normalized spacial score (nSPS) is 23.7. The van der Waals surface area contributed by atoms with Crippen molar-refractivity contribution in [1.82, 2.24) is 10.3 Å². The fraction of sp³-hybridized carbons (Fsp3) is 0.571. The Morgan fingerprint density at radius 1 is 1.44 bits per heavy atom. The molecule has 1 fully saturated rings. The van der Waals surface area contributed by atoms with Crippen molar-refractivity contribution in [3.8, 4) is 0 Å². The topological polar surface area (TPSA) is 42.0 Å². The van der Waals surface area contributed by atoms with E-state index < -0.39 is 0 Å². The molecular weight excluding hydrogens is 244 g/mol. The van der Waals surface area contributed by atoms with Crippen molar-refractivity contribution in [2.24, 2.45) is 0 Å². The second-order valence-corrected chi connectivity index (χ2v) is 5.85. The van der Waals surface area contributed by atoms with E-state index in [0.29, 0.717) is 16.9 Å². The largest absolute Gasteiger partial charge is 0.348 e. The van der Waals surface area contributed by atoms with Crippen LogP contribution in [0.2, 0.25) is 0 Å². The number of aromatic nitrogens is 1. The third kappa shape index (κ3) is 3.05. The van der Waals surface area contributed by atoms with Gasteiger partial charge in [-0.05, 0) is 38.2 Å². The van der Waals surface area contributed by atoms with E-state index in [0.717, 1.165) is 12.1 Å². The van der Waals surface area contributed by atoms with E-state index in [2.05, 4.69) is 16.6 Å². The molecule has 0 radical (unpaired) electrons. The van der Waals surface area contributed by atoms with Crippen LogP contribution in [0.15, 0.2) is 18.3 Å². The fourth-order valence-corrected chi connectivity index (χ4v) is 3.45. The molecule has 2 rings (SSSR count). The van der Waals surface area contributed by atoms with Gasteiger partial charge in [-0.3, -0.25) is 9.78 Å². The Bertz CT molecular complexity index is 422. The van der Waals surface area contributed by atoms with Crippen molar-refractivity contribution in [2.45, 2.75) is 43.9 Å². The van der Waals surface area contributed by atoms with Gasteiger partial charge in [0.2, 0.25) is 0 Å². The van der Waals surface area contributed by atoms with Gasteiger partial charge in [0.15, 0.2) is 0 Å². The molecule has 0 bridgehead atoms. The van der Waals surface area contributed by atoms with E-state index in [1.165, 1.54) is 19.3 Å². The minimum absolute atomic E-state index is 0.0200. The number of aryl methyl sites for hydroxylation is 1. The van der Waals surface area contributed by atoms with E-state index in [1.54, 1.807) is 6.20 Å². The maximum absolute atomic E-state index is 12.2. The number of hydrogen-bond donors (Lipinski definition) is 1. The van der Waals surface area contributed by atoms with Crippen LogP contribution in [0.3, 0.4) is 0 Å². The van der Waals surface area contributed by atoms with Crippen LogP contribution >= 0.6 is 11.8 Å². The van der Waals surface area contributed by atoms with Crippen molar-refractivity contribution >= 4 is 17.7 Å². The minimum Gasteiger partial charge on any atom is -0.348 e. The summed E-state index contributed by atoms with van der Waals surface area (Å²) in [4.78, 5) is 16.4. The number of carbonyl (C=O) groups is 1. The molecule has 2 atom stereocenters. The molecule has 1 heterocycles. The second kappa shape index (κ2) is 6.23. The summed E-state index contributed by atoms with van der Waals surface area (Å²) in [5.74, 6) is 0.0200. The number of nitrogens with one attached hydrogen (secondary N) is 1. The van der Waals surface area contributed by atoms with Crippen LogP contribution in [0.5, 0.6) is 0 Å². The number of amides is 1. The number of hydrogen-bond acceptors (Lipinski definition) is 3. The number of carbonyl (C=O) groups excluding carboxylic acids is 1. The lowest BCUT2D eigenvalue weighted by atomic mass is 9.94. The first kappa shape index (κ1) is 13.4. The van der Waals surface area contributed by atoms with Gasteiger partial charge in [-0.2, -0.15) is 11.8 Å². The molecule has 1 aliphatic rings. The zero-order valence-corrected chi connectivity index (χ0v) is 11.8. The Morgan fingerprint density at radius 2 is 2.22 bits per heavy atom. The lowest BCUT2D eigenvalue weighted by molar-refractivity contribution is 0.0928. The summed E-state index contributed by atoms with van der Waals surface area (Å²) in [7, 11) is 0. The molecule has 0 saturated heterocycles. The monoisotopic (exact) mass is 264 g/mol. The van der Waals surface area contributed by atoms with Crippen LogP contribution in [-0.4, -0.2) is 28.4 Å². The van der Waals surface area contributed by atoms with Crippen LogP contribution in [0, 0.1) is 6.92 Å². The molecule has 1 aliphatic carbocycles. The lowest BCUT2D eigenvalue weighted by Gasteiger charge is -2.31. The molecule has 1 saturated carbocycles. The van der Waals surface area contributed by atoms with Crippen LogP contribution in [-0.2, 0) is 0 Å². The predicted molar refractivity (Wildman–Crippen MR) is 76.0 cm³/mol. The van der Waals surface area contributed by atoms with Crippen LogP contribution in [0.25, 0.3) is 0 Å². The van der Waals surface area contributed by atoms with Crippen molar-refractivity contribution in [2.75, 3.05) is 6.26 Å². The number of nitrogens with zero attached hydrogens (tertiary/aromatic N) is 1. The Hall–Kier alpha value is -1.03. The summed E-state index contributed by atoms with van der Waals surface area (Å²) in [6, 6.07) is 3.96. The molecule has 1 aromatic rings. The molecule has 0 aliphatic heterocycles. The van der Waals surface area contributed by atoms with E-state index in [9.17, 15) is 4.79 Å². The molecule has 1 amide bonds. The molecule has 1 N–H and O–H groups in total. The third-order valence-electron chi connectivity index (χ3n) is 3.57. The molecule has 1 aromatic heterocycles. The Morgan fingerprint density at radius 3 is 2.94 bits per heavy atom. The van der Waals surface area contributed by atoms with Gasteiger partial charge in [-0.1, -0.05) is 12.8 Å². The molecular formula is C14H20N2OS. The molecule has 3 nitrogen and oxygen atoms in total. The van der Waals surface area contributed by atoms with Gasteiger partial charge in [0.1, 0.15) is 0 Å². The fourth-order valence-electron chi connectivity index (χ4n) is 2.51. The van der Waals surface area contributed by atoms with Crippen molar-refractivity contribution in [3.63, 3.8) is 0 Å². The first-order valence-corrected chi connectivity index (χ1v) is 7.76. The quantitative estimate of drug-likeness (QED) is 0.913. The van der Waals surface area contributed by atoms with Gasteiger partial charge in [0, 0.05) is 23.2 Å². The molecule has 18 heavy (non-hydrogen) atoms. The van der Waals surface area contributed by atoms with Crippen LogP contribution in [0.1, 0.15) is 41.7 Å². The lowest BCUT2D eigenvalue weighted by Crippen LogP contribution is -2.43. The SMILES string of the molecule is CSC1CCCCC1NC(=O)c1cccnc1C. The molecule has 0 spiro atoms. The molecule has 4 heteroatoms. The molecule has 0 aromatic carbocycles. The van der Waals surface area contributed by atoms with E-state index >= 15 is 0 Å². The summed E-state index contributed by atoms with van der Waals surface area (Å²) in [5.41, 5.74) is 1.49. The maximum atomic E-state index is 12.2. The highest BCUT2D eigenvalue weighted by atomic mass is 32.2. The first-order valence-electron chi connectivity index (χ1n) is 6.47. The summed E-state index contributed by atoms with van der Waals surface area (Å²) < 4.78 is 0. The van der Waals surface area contributed by atoms with Crippen LogP contribution in [0.4, 0.5) is 0 Å². The minimum atomic E-state index is 0.0200. The highest BCUT2D eigenvalue weighted by Gasteiger charge is 2.26. The van der Waals surface area contributed by atoms with Crippen molar-refractivity contribution in [3.05, 3.63) is 29.6 Å². The summed E-state index contributed by atoms with van der Waals surface area (Å²) in [6.07, 6.45) is 8.65. The Balaban J connectivity index is 2.04. The van der Waals surface area contributed by atoms with Crippen molar-refractivity contribution in [1.29, 1.82) is 0 Å². The van der Waals surface area contributed by atoms with Crippen LogP contribution < -0.4 is 5.32 Å². The Kier molecular flexibility index (Phi) is 4.64. The van der Waals surface area contributed by atoms with E-state index in [4.69, 9.17) is 0 Å².